The minimum absolute atomic E-state index is 0.133. The first kappa shape index (κ1) is 22.7. The molecule has 8 heteroatoms. The number of aromatic nitrogens is 3. The van der Waals surface area contributed by atoms with Crippen LogP contribution in [0.4, 0.5) is 4.39 Å². The summed E-state index contributed by atoms with van der Waals surface area (Å²) in [5.74, 6) is 0.783. The Kier molecular flexibility index (Phi) is 6.55. The van der Waals surface area contributed by atoms with Crippen LogP contribution >= 0.6 is 0 Å². The van der Waals surface area contributed by atoms with E-state index in [-0.39, 0.29) is 11.7 Å². The Hall–Kier alpha value is -3.52. The second-order valence-electron chi connectivity index (χ2n) is 8.18. The van der Waals surface area contributed by atoms with Crippen LogP contribution in [0.1, 0.15) is 42.8 Å². The number of likely N-dealkylation sites (tertiary alicyclic amines) is 1. The molecule has 1 N–H and O–H groups in total. The van der Waals surface area contributed by atoms with Crippen molar-refractivity contribution < 1.29 is 19.0 Å². The summed E-state index contributed by atoms with van der Waals surface area (Å²) < 4.78 is 20.6. The SMILES string of the molecule is COc1cc(/C=C2\CCCN([C@H](c3ccc(F)cc3)[C@@H](C)O)C2=O)ccc1-n1cnc(C)n1. The molecule has 0 unspecified atom stereocenters. The smallest absolute Gasteiger partial charge is 0.250 e. The van der Waals surface area contributed by atoms with Crippen molar-refractivity contribution in [2.24, 2.45) is 0 Å². The molecule has 0 spiro atoms. The Morgan fingerprint density at radius 1 is 1.21 bits per heavy atom. The molecule has 0 aliphatic carbocycles. The molecule has 172 valence electrons. The molecule has 4 rings (SSSR count). The second kappa shape index (κ2) is 9.54. The van der Waals surface area contributed by atoms with Gasteiger partial charge in [-0.05, 0) is 68.2 Å². The van der Waals surface area contributed by atoms with Crippen LogP contribution in [0, 0.1) is 12.7 Å². The zero-order valence-electron chi connectivity index (χ0n) is 18.9. The molecule has 1 amide bonds. The number of methoxy groups -OCH3 is 1. The molecule has 2 atom stereocenters. The molecule has 0 saturated carbocycles. The van der Waals surface area contributed by atoms with E-state index in [1.54, 1.807) is 42.1 Å². The van der Waals surface area contributed by atoms with Crippen LogP contribution < -0.4 is 4.74 Å². The highest BCUT2D eigenvalue weighted by Crippen LogP contribution is 2.32. The van der Waals surface area contributed by atoms with E-state index < -0.39 is 12.1 Å². The number of amides is 1. The van der Waals surface area contributed by atoms with E-state index in [4.69, 9.17) is 4.74 Å². The topological polar surface area (TPSA) is 80.5 Å². The van der Waals surface area contributed by atoms with Gasteiger partial charge in [0.2, 0.25) is 5.91 Å². The first-order valence-electron chi connectivity index (χ1n) is 10.9. The van der Waals surface area contributed by atoms with E-state index in [0.717, 1.165) is 17.7 Å². The van der Waals surface area contributed by atoms with Crippen molar-refractivity contribution in [3.63, 3.8) is 0 Å². The number of aliphatic hydroxyl groups excluding tert-OH is 1. The summed E-state index contributed by atoms with van der Waals surface area (Å²) in [5.41, 5.74) is 2.94. The predicted octanol–water partition coefficient (Wildman–Crippen LogP) is 3.85. The number of aliphatic hydroxyl groups is 1. The number of hydrogen-bond donors (Lipinski definition) is 1. The Labute approximate surface area is 192 Å². The zero-order chi connectivity index (χ0) is 23.5. The lowest BCUT2D eigenvalue weighted by Gasteiger charge is -2.37. The van der Waals surface area contributed by atoms with Crippen LogP contribution in [-0.2, 0) is 4.79 Å². The number of aryl methyl sites for hydroxylation is 1. The van der Waals surface area contributed by atoms with Gasteiger partial charge in [-0.2, -0.15) is 5.10 Å². The Morgan fingerprint density at radius 3 is 2.61 bits per heavy atom. The average Bonchev–Trinajstić information content (AvgIpc) is 3.23. The van der Waals surface area contributed by atoms with E-state index in [0.29, 0.717) is 35.7 Å². The van der Waals surface area contributed by atoms with Crippen LogP contribution in [-0.4, -0.2) is 50.4 Å². The van der Waals surface area contributed by atoms with E-state index >= 15 is 0 Å². The van der Waals surface area contributed by atoms with E-state index in [1.165, 1.54) is 12.1 Å². The maximum atomic E-state index is 13.4. The fraction of sp³-hybridized carbons (Fsp3) is 0.320. The molecule has 7 nitrogen and oxygen atoms in total. The number of halogens is 1. The molecule has 1 aliphatic heterocycles. The van der Waals surface area contributed by atoms with Gasteiger partial charge in [0.25, 0.3) is 0 Å². The highest BCUT2D eigenvalue weighted by molar-refractivity contribution is 5.99. The second-order valence-corrected chi connectivity index (χ2v) is 8.18. The average molecular weight is 451 g/mol. The van der Waals surface area contributed by atoms with Crippen LogP contribution in [0.15, 0.2) is 54.4 Å². The highest BCUT2D eigenvalue weighted by Gasteiger charge is 2.33. The summed E-state index contributed by atoms with van der Waals surface area (Å²) in [7, 11) is 1.59. The molecule has 1 aliphatic rings. The van der Waals surface area contributed by atoms with Crippen molar-refractivity contribution in [1.82, 2.24) is 19.7 Å². The summed E-state index contributed by atoms with van der Waals surface area (Å²) in [4.78, 5) is 19.2. The molecule has 1 aromatic heterocycles. The summed E-state index contributed by atoms with van der Waals surface area (Å²) in [6.07, 6.45) is 4.09. The number of rotatable bonds is 6. The third-order valence-electron chi connectivity index (χ3n) is 5.78. The molecule has 3 aromatic rings. The van der Waals surface area contributed by atoms with Gasteiger partial charge in [0, 0.05) is 12.1 Å². The number of benzene rings is 2. The number of hydrogen-bond acceptors (Lipinski definition) is 5. The van der Waals surface area contributed by atoms with Gasteiger partial charge in [-0.15, -0.1) is 0 Å². The fourth-order valence-electron chi connectivity index (χ4n) is 4.25. The molecule has 0 bridgehead atoms. The maximum absolute atomic E-state index is 13.4. The van der Waals surface area contributed by atoms with E-state index in [1.807, 2.05) is 31.2 Å². The summed E-state index contributed by atoms with van der Waals surface area (Å²) in [6, 6.07) is 11.0. The number of piperidine rings is 1. The third-order valence-corrected chi connectivity index (χ3v) is 5.78. The van der Waals surface area contributed by atoms with Crippen LogP contribution in [0.3, 0.4) is 0 Å². The first-order valence-corrected chi connectivity index (χ1v) is 10.9. The van der Waals surface area contributed by atoms with Gasteiger partial charge in [0.15, 0.2) is 0 Å². The maximum Gasteiger partial charge on any atom is 0.250 e. The van der Waals surface area contributed by atoms with Gasteiger partial charge >= 0.3 is 0 Å². The zero-order valence-corrected chi connectivity index (χ0v) is 18.9. The fourth-order valence-corrected chi connectivity index (χ4v) is 4.25. The summed E-state index contributed by atoms with van der Waals surface area (Å²) in [5, 5.41) is 14.8. The summed E-state index contributed by atoms with van der Waals surface area (Å²) in [6.45, 7) is 3.99. The molecule has 2 aromatic carbocycles. The minimum Gasteiger partial charge on any atom is -0.494 e. The van der Waals surface area contributed by atoms with E-state index in [9.17, 15) is 14.3 Å². The molecular formula is C25H27FN4O3. The highest BCUT2D eigenvalue weighted by atomic mass is 19.1. The van der Waals surface area contributed by atoms with Crippen molar-refractivity contribution in [3.05, 3.63) is 77.1 Å². The van der Waals surface area contributed by atoms with Gasteiger partial charge < -0.3 is 14.7 Å². The number of nitrogens with zero attached hydrogens (tertiary/aromatic N) is 4. The number of ether oxygens (including phenoxy) is 1. The van der Waals surface area contributed by atoms with Crippen LogP contribution in [0.25, 0.3) is 11.8 Å². The van der Waals surface area contributed by atoms with Crippen molar-refractivity contribution in [3.8, 4) is 11.4 Å². The first-order chi connectivity index (χ1) is 15.9. The van der Waals surface area contributed by atoms with Crippen molar-refractivity contribution in [2.75, 3.05) is 13.7 Å². The summed E-state index contributed by atoms with van der Waals surface area (Å²) >= 11 is 0. The number of carbonyl (C=O) groups excluding carboxylic acids is 1. The monoisotopic (exact) mass is 450 g/mol. The van der Waals surface area contributed by atoms with Gasteiger partial charge in [-0.3, -0.25) is 4.79 Å². The van der Waals surface area contributed by atoms with Gasteiger partial charge in [0.05, 0.1) is 19.3 Å². The standard InChI is InChI=1S/C25H27FN4O3/c1-16(31)24(19-7-9-21(26)10-8-19)29-12-4-5-20(25(29)32)13-18-6-11-22(23(14-18)33-3)30-15-27-17(2)28-30/h6-11,13-16,24,31H,4-5,12H2,1-3H3/b20-13+/t16-,24+/m1/s1. The molecule has 0 radical (unpaired) electrons. The number of carbonyl (C=O) groups is 1. The third kappa shape index (κ3) is 4.80. The quantitative estimate of drug-likeness (QED) is 0.577. The van der Waals surface area contributed by atoms with Crippen molar-refractivity contribution >= 4 is 12.0 Å². The lowest BCUT2D eigenvalue weighted by atomic mass is 9.94. The molecule has 1 saturated heterocycles. The van der Waals surface area contributed by atoms with Crippen molar-refractivity contribution in [2.45, 2.75) is 38.8 Å². The minimum atomic E-state index is -0.802. The van der Waals surface area contributed by atoms with Crippen LogP contribution in [0.2, 0.25) is 0 Å². The molecular weight excluding hydrogens is 423 g/mol. The van der Waals surface area contributed by atoms with Crippen molar-refractivity contribution in [1.29, 1.82) is 0 Å². The van der Waals surface area contributed by atoms with E-state index in [2.05, 4.69) is 10.1 Å². The van der Waals surface area contributed by atoms with Gasteiger partial charge in [-0.25, -0.2) is 14.1 Å². The normalized spacial score (nSPS) is 17.3. The van der Waals surface area contributed by atoms with Gasteiger partial charge in [0.1, 0.15) is 29.4 Å². The Bertz CT molecular complexity index is 1170. The van der Waals surface area contributed by atoms with Gasteiger partial charge in [-0.1, -0.05) is 18.2 Å². The Morgan fingerprint density at radius 2 is 1.97 bits per heavy atom. The Balaban J connectivity index is 1.63. The van der Waals surface area contributed by atoms with Crippen LogP contribution in [0.5, 0.6) is 5.75 Å². The molecule has 2 heterocycles. The predicted molar refractivity (Wildman–Crippen MR) is 122 cm³/mol. The molecule has 1 fully saturated rings. The molecule has 33 heavy (non-hydrogen) atoms. The lowest BCUT2D eigenvalue weighted by Crippen LogP contribution is -2.43. The largest absolute Gasteiger partial charge is 0.494 e. The lowest BCUT2D eigenvalue weighted by molar-refractivity contribution is -0.133.